The smallest absolute Gasteiger partial charge is 0.194 e. The van der Waals surface area contributed by atoms with Crippen LogP contribution in [0.3, 0.4) is 0 Å². The lowest BCUT2D eigenvalue weighted by Gasteiger charge is -2.29. The van der Waals surface area contributed by atoms with Gasteiger partial charge in [0, 0.05) is 31.7 Å². The van der Waals surface area contributed by atoms with Crippen LogP contribution in [0.15, 0.2) is 46.9 Å². The lowest BCUT2D eigenvalue weighted by molar-refractivity contribution is 0.414. The Morgan fingerprint density at radius 2 is 2.32 bits per heavy atom. The highest BCUT2D eigenvalue weighted by Crippen LogP contribution is 2.25. The molecule has 5 nitrogen and oxygen atoms in total. The van der Waals surface area contributed by atoms with Crippen LogP contribution < -0.4 is 10.1 Å². The topological polar surface area (TPSA) is 49.8 Å². The second-order valence-electron chi connectivity index (χ2n) is 5.48. The number of methoxy groups -OCH3 is 1. The summed E-state index contributed by atoms with van der Waals surface area (Å²) in [6.07, 6.45) is 5.09. The van der Waals surface area contributed by atoms with E-state index >= 15 is 0 Å². The van der Waals surface area contributed by atoms with Gasteiger partial charge in [0.05, 0.1) is 13.7 Å². The zero-order valence-electron chi connectivity index (χ0n) is 14.4. The molecule has 1 aromatic heterocycles. The summed E-state index contributed by atoms with van der Waals surface area (Å²) in [4.78, 5) is 11.0. The molecule has 0 saturated heterocycles. The van der Waals surface area contributed by atoms with Crippen LogP contribution in [0.4, 0.5) is 0 Å². The van der Waals surface area contributed by atoms with E-state index in [9.17, 15) is 0 Å². The third-order valence-electron chi connectivity index (χ3n) is 4.04. The monoisotopic (exact) mass is 470 g/mol. The summed E-state index contributed by atoms with van der Waals surface area (Å²) in [5.74, 6) is 1.82. The second kappa shape index (κ2) is 9.76. The largest absolute Gasteiger partial charge is 0.497 e. The zero-order chi connectivity index (χ0) is 16.8. The van der Waals surface area contributed by atoms with Crippen LogP contribution in [0.2, 0.25) is 0 Å². The Bertz CT molecular complexity index is 730. The van der Waals surface area contributed by atoms with E-state index in [1.54, 1.807) is 18.4 Å². The van der Waals surface area contributed by atoms with E-state index in [1.807, 2.05) is 30.8 Å². The summed E-state index contributed by atoms with van der Waals surface area (Å²) in [6.45, 7) is 2.51. The van der Waals surface area contributed by atoms with Crippen molar-refractivity contribution in [3.05, 3.63) is 52.5 Å². The third kappa shape index (κ3) is 5.18. The van der Waals surface area contributed by atoms with Gasteiger partial charge in [0.15, 0.2) is 5.96 Å². The number of aliphatic imine (C=N–C) groups is 1. The molecule has 0 spiro atoms. The van der Waals surface area contributed by atoms with Crippen LogP contribution in [0.1, 0.15) is 17.0 Å². The Morgan fingerprint density at radius 3 is 2.96 bits per heavy atom. The molecule has 0 fully saturated rings. The standard InChI is InChI=1S/C18H22N4OS.HI/c1-19-18(21-13-17-20-8-11-24-17)22-9-6-14(7-10-22)15-4-3-5-16(12-15)23-2;/h3-6,8,11-12H,7,9-10,13H2,1-2H3,(H,19,21);1H. The number of nitrogens with zero attached hydrogens (tertiary/aromatic N) is 3. The lowest BCUT2D eigenvalue weighted by atomic mass is 9.99. The average molecular weight is 470 g/mol. The predicted molar refractivity (Wildman–Crippen MR) is 115 cm³/mol. The van der Waals surface area contributed by atoms with Crippen LogP contribution in [-0.2, 0) is 6.54 Å². The van der Waals surface area contributed by atoms with Gasteiger partial charge in [0.25, 0.3) is 0 Å². The summed E-state index contributed by atoms with van der Waals surface area (Å²) in [5, 5.41) is 6.45. The first kappa shape index (κ1) is 19.7. The molecule has 0 radical (unpaired) electrons. The first-order chi connectivity index (χ1) is 11.8. The van der Waals surface area contributed by atoms with Crippen molar-refractivity contribution in [1.82, 2.24) is 15.2 Å². The molecule has 25 heavy (non-hydrogen) atoms. The number of nitrogens with one attached hydrogen (secondary N) is 1. The molecule has 0 bridgehead atoms. The van der Waals surface area contributed by atoms with E-state index in [1.165, 1.54) is 11.1 Å². The number of rotatable bonds is 4. The van der Waals surface area contributed by atoms with E-state index in [4.69, 9.17) is 4.74 Å². The van der Waals surface area contributed by atoms with Crippen molar-refractivity contribution < 1.29 is 4.74 Å². The van der Waals surface area contributed by atoms with Crippen molar-refractivity contribution in [3.63, 3.8) is 0 Å². The number of guanidine groups is 1. The SMILES string of the molecule is CN=C(NCc1nccs1)N1CC=C(c2cccc(OC)c2)CC1.I. The van der Waals surface area contributed by atoms with Crippen LogP contribution in [0, 0.1) is 0 Å². The number of thiazole rings is 1. The first-order valence-corrected chi connectivity index (χ1v) is 8.85. The van der Waals surface area contributed by atoms with Crippen molar-refractivity contribution in [2.24, 2.45) is 4.99 Å². The van der Waals surface area contributed by atoms with Crippen molar-refractivity contribution in [2.75, 3.05) is 27.2 Å². The zero-order valence-corrected chi connectivity index (χ0v) is 17.6. The normalized spacial score (nSPS) is 14.6. The molecule has 1 aromatic carbocycles. The average Bonchev–Trinajstić information content (AvgIpc) is 3.16. The Morgan fingerprint density at radius 1 is 1.44 bits per heavy atom. The van der Waals surface area contributed by atoms with E-state index in [0.717, 1.165) is 36.2 Å². The molecule has 0 unspecified atom stereocenters. The number of halogens is 1. The van der Waals surface area contributed by atoms with E-state index < -0.39 is 0 Å². The molecule has 2 heterocycles. The molecule has 1 aliphatic heterocycles. The van der Waals surface area contributed by atoms with Gasteiger partial charge >= 0.3 is 0 Å². The molecule has 134 valence electrons. The summed E-state index contributed by atoms with van der Waals surface area (Å²) in [7, 11) is 3.53. The number of ether oxygens (including phenoxy) is 1. The molecule has 1 N–H and O–H groups in total. The summed E-state index contributed by atoms with van der Waals surface area (Å²) >= 11 is 1.65. The number of benzene rings is 1. The van der Waals surface area contributed by atoms with Gasteiger partial charge in [-0.1, -0.05) is 18.2 Å². The molecule has 0 aliphatic carbocycles. The molecule has 2 aromatic rings. The molecule has 0 amide bonds. The van der Waals surface area contributed by atoms with Gasteiger partial charge in [-0.05, 0) is 29.7 Å². The minimum absolute atomic E-state index is 0. The number of aromatic nitrogens is 1. The van der Waals surface area contributed by atoms with Gasteiger partial charge < -0.3 is 15.0 Å². The minimum Gasteiger partial charge on any atom is -0.497 e. The van der Waals surface area contributed by atoms with Crippen LogP contribution >= 0.6 is 35.3 Å². The number of hydrogen-bond donors (Lipinski definition) is 1. The van der Waals surface area contributed by atoms with E-state index in [-0.39, 0.29) is 24.0 Å². The maximum atomic E-state index is 5.32. The second-order valence-corrected chi connectivity index (χ2v) is 6.46. The minimum atomic E-state index is 0. The number of hydrogen-bond acceptors (Lipinski definition) is 4. The maximum Gasteiger partial charge on any atom is 0.194 e. The quantitative estimate of drug-likeness (QED) is 0.421. The van der Waals surface area contributed by atoms with Crippen molar-refractivity contribution >= 4 is 46.8 Å². The third-order valence-corrected chi connectivity index (χ3v) is 4.82. The molecule has 0 saturated carbocycles. The molecule has 3 rings (SSSR count). The van der Waals surface area contributed by atoms with Gasteiger partial charge in [-0.15, -0.1) is 35.3 Å². The van der Waals surface area contributed by atoms with Crippen molar-refractivity contribution in [3.8, 4) is 5.75 Å². The molecule has 0 atom stereocenters. The van der Waals surface area contributed by atoms with Gasteiger partial charge in [-0.3, -0.25) is 4.99 Å². The van der Waals surface area contributed by atoms with Gasteiger partial charge in [0.2, 0.25) is 0 Å². The molecular formula is C18H23IN4OS. The highest BCUT2D eigenvalue weighted by molar-refractivity contribution is 14.0. The fourth-order valence-electron chi connectivity index (χ4n) is 2.77. The van der Waals surface area contributed by atoms with Crippen LogP contribution in [0.5, 0.6) is 5.75 Å². The summed E-state index contributed by atoms with van der Waals surface area (Å²) < 4.78 is 5.32. The first-order valence-electron chi connectivity index (χ1n) is 7.97. The Balaban J connectivity index is 0.00000225. The Hall–Kier alpha value is -1.61. The summed E-state index contributed by atoms with van der Waals surface area (Å²) in [6, 6.07) is 8.25. The van der Waals surface area contributed by atoms with Gasteiger partial charge in [-0.2, -0.15) is 0 Å². The maximum absolute atomic E-state index is 5.32. The molecule has 1 aliphatic rings. The van der Waals surface area contributed by atoms with Crippen molar-refractivity contribution in [2.45, 2.75) is 13.0 Å². The fourth-order valence-corrected chi connectivity index (χ4v) is 3.33. The van der Waals surface area contributed by atoms with Gasteiger partial charge in [-0.25, -0.2) is 4.98 Å². The van der Waals surface area contributed by atoms with E-state index in [0.29, 0.717) is 6.54 Å². The molecule has 7 heteroatoms. The highest BCUT2D eigenvalue weighted by Gasteiger charge is 2.16. The summed E-state index contributed by atoms with van der Waals surface area (Å²) in [5.41, 5.74) is 2.60. The Labute approximate surface area is 169 Å². The Kier molecular flexibility index (Phi) is 7.70. The highest BCUT2D eigenvalue weighted by atomic mass is 127. The predicted octanol–water partition coefficient (Wildman–Crippen LogP) is 3.63. The fraction of sp³-hybridized carbons (Fsp3) is 0.333. The van der Waals surface area contributed by atoms with Crippen LogP contribution in [0.25, 0.3) is 5.57 Å². The van der Waals surface area contributed by atoms with Crippen molar-refractivity contribution in [1.29, 1.82) is 0 Å². The molecular weight excluding hydrogens is 447 g/mol. The lowest BCUT2D eigenvalue weighted by Crippen LogP contribution is -2.43. The van der Waals surface area contributed by atoms with Crippen LogP contribution in [-0.4, -0.2) is 43.1 Å². The van der Waals surface area contributed by atoms with E-state index in [2.05, 4.69) is 38.4 Å². The van der Waals surface area contributed by atoms with Gasteiger partial charge in [0.1, 0.15) is 10.8 Å².